The fraction of sp³-hybridized carbons (Fsp3) is 0.917. The van der Waals surface area contributed by atoms with E-state index in [1.807, 2.05) is 0 Å². The molecule has 0 amide bonds. The van der Waals surface area contributed by atoms with Crippen molar-refractivity contribution in [1.82, 2.24) is 0 Å². The van der Waals surface area contributed by atoms with Crippen LogP contribution in [0, 0.1) is 0 Å². The van der Waals surface area contributed by atoms with Gasteiger partial charge in [-0.25, -0.2) is 0 Å². The van der Waals surface area contributed by atoms with E-state index in [0.29, 0.717) is 6.61 Å². The summed E-state index contributed by atoms with van der Waals surface area (Å²) in [4.78, 5) is 10.7. The molecule has 0 aromatic carbocycles. The SMILES string of the molecule is CCCCCCCCOCC(Br)C(=O)OC. The van der Waals surface area contributed by atoms with Gasteiger partial charge in [0.25, 0.3) is 0 Å². The highest BCUT2D eigenvalue weighted by Gasteiger charge is 2.14. The number of halogens is 1. The molecule has 4 heteroatoms. The van der Waals surface area contributed by atoms with Gasteiger partial charge < -0.3 is 9.47 Å². The number of carbonyl (C=O) groups is 1. The standard InChI is InChI=1S/C12H23BrO3/c1-3-4-5-6-7-8-9-16-10-11(13)12(14)15-2/h11H,3-10H2,1-2H3. The number of methoxy groups -OCH3 is 1. The molecule has 3 nitrogen and oxygen atoms in total. The Balaban J connectivity index is 3.17. The molecule has 0 heterocycles. The van der Waals surface area contributed by atoms with Gasteiger partial charge in [0, 0.05) is 6.61 Å². The third-order valence-electron chi connectivity index (χ3n) is 2.36. The molecule has 0 spiro atoms. The van der Waals surface area contributed by atoms with Crippen molar-refractivity contribution in [1.29, 1.82) is 0 Å². The Morgan fingerprint density at radius 1 is 1.19 bits per heavy atom. The van der Waals surface area contributed by atoms with Crippen LogP contribution in [-0.4, -0.2) is 31.1 Å². The van der Waals surface area contributed by atoms with Crippen LogP contribution in [-0.2, 0) is 14.3 Å². The highest BCUT2D eigenvalue weighted by atomic mass is 79.9. The molecule has 16 heavy (non-hydrogen) atoms. The monoisotopic (exact) mass is 294 g/mol. The lowest BCUT2D eigenvalue weighted by Crippen LogP contribution is -2.21. The average molecular weight is 295 g/mol. The molecule has 0 N–H and O–H groups in total. The molecule has 0 saturated carbocycles. The highest BCUT2D eigenvalue weighted by molar-refractivity contribution is 9.10. The second kappa shape index (κ2) is 11.4. The normalized spacial score (nSPS) is 12.4. The van der Waals surface area contributed by atoms with E-state index in [9.17, 15) is 4.79 Å². The number of ether oxygens (including phenoxy) is 2. The molecular weight excluding hydrogens is 272 g/mol. The lowest BCUT2D eigenvalue weighted by atomic mass is 10.1. The first-order chi connectivity index (χ1) is 7.72. The summed E-state index contributed by atoms with van der Waals surface area (Å²) in [5.41, 5.74) is 0. The van der Waals surface area contributed by atoms with Gasteiger partial charge >= 0.3 is 5.97 Å². The predicted molar refractivity (Wildman–Crippen MR) is 68.9 cm³/mol. The van der Waals surface area contributed by atoms with Gasteiger partial charge in [0.15, 0.2) is 0 Å². The molecule has 1 unspecified atom stereocenters. The second-order valence-electron chi connectivity index (χ2n) is 3.83. The second-order valence-corrected chi connectivity index (χ2v) is 4.94. The number of unbranched alkanes of at least 4 members (excludes halogenated alkanes) is 5. The van der Waals surface area contributed by atoms with Gasteiger partial charge in [-0.15, -0.1) is 0 Å². The lowest BCUT2D eigenvalue weighted by molar-refractivity contribution is -0.140. The van der Waals surface area contributed by atoms with E-state index in [4.69, 9.17) is 4.74 Å². The summed E-state index contributed by atoms with van der Waals surface area (Å²) in [7, 11) is 1.38. The molecule has 0 aliphatic carbocycles. The number of alkyl halides is 1. The van der Waals surface area contributed by atoms with Crippen LogP contribution in [0.1, 0.15) is 45.4 Å². The maximum atomic E-state index is 11.0. The first-order valence-corrected chi connectivity index (χ1v) is 6.93. The van der Waals surface area contributed by atoms with Gasteiger partial charge in [0.05, 0.1) is 13.7 Å². The van der Waals surface area contributed by atoms with Crippen LogP contribution in [0.2, 0.25) is 0 Å². The molecular formula is C12H23BrO3. The van der Waals surface area contributed by atoms with Gasteiger partial charge in [-0.05, 0) is 6.42 Å². The van der Waals surface area contributed by atoms with E-state index >= 15 is 0 Å². The number of esters is 1. The van der Waals surface area contributed by atoms with E-state index in [1.165, 1.54) is 39.2 Å². The predicted octanol–water partition coefficient (Wildman–Crippen LogP) is 3.30. The fourth-order valence-corrected chi connectivity index (χ4v) is 1.74. The summed E-state index contributed by atoms with van der Waals surface area (Å²) in [6.07, 6.45) is 7.50. The molecule has 1 atom stereocenters. The highest BCUT2D eigenvalue weighted by Crippen LogP contribution is 2.06. The molecule has 0 rings (SSSR count). The van der Waals surface area contributed by atoms with Gasteiger partial charge in [0.1, 0.15) is 4.83 Å². The Kier molecular flexibility index (Phi) is 11.3. The summed E-state index contributed by atoms with van der Waals surface area (Å²) < 4.78 is 9.95. The van der Waals surface area contributed by atoms with E-state index in [1.54, 1.807) is 0 Å². The maximum Gasteiger partial charge on any atom is 0.321 e. The Morgan fingerprint density at radius 2 is 1.81 bits per heavy atom. The summed E-state index contributed by atoms with van der Waals surface area (Å²) in [6.45, 7) is 3.33. The zero-order valence-corrected chi connectivity index (χ0v) is 11.9. The van der Waals surface area contributed by atoms with Crippen molar-refractivity contribution in [3.05, 3.63) is 0 Å². The summed E-state index contributed by atoms with van der Waals surface area (Å²) in [5.74, 6) is -0.275. The fourth-order valence-electron chi connectivity index (χ4n) is 1.37. The number of carbonyl (C=O) groups excluding carboxylic acids is 1. The number of rotatable bonds is 10. The molecule has 0 aromatic heterocycles. The van der Waals surface area contributed by atoms with Gasteiger partial charge in [-0.3, -0.25) is 4.79 Å². The molecule has 0 saturated heterocycles. The Bertz CT molecular complexity index is 174. The van der Waals surface area contributed by atoms with Gasteiger partial charge in [-0.1, -0.05) is 55.0 Å². The minimum Gasteiger partial charge on any atom is -0.468 e. The summed E-state index contributed by atoms with van der Waals surface area (Å²) in [6, 6.07) is 0. The third kappa shape index (κ3) is 9.16. The molecule has 0 fully saturated rings. The van der Waals surface area contributed by atoms with Crippen LogP contribution in [0.15, 0.2) is 0 Å². The van der Waals surface area contributed by atoms with Crippen molar-refractivity contribution in [2.24, 2.45) is 0 Å². The Hall–Kier alpha value is -0.0900. The topological polar surface area (TPSA) is 35.5 Å². The van der Waals surface area contributed by atoms with E-state index in [0.717, 1.165) is 13.0 Å². The largest absolute Gasteiger partial charge is 0.468 e. The van der Waals surface area contributed by atoms with Crippen molar-refractivity contribution < 1.29 is 14.3 Å². The van der Waals surface area contributed by atoms with Crippen molar-refractivity contribution >= 4 is 21.9 Å². The summed E-state index contributed by atoms with van der Waals surface area (Å²) in [5, 5.41) is 0. The van der Waals surface area contributed by atoms with Gasteiger partial charge in [0.2, 0.25) is 0 Å². The molecule has 0 bridgehead atoms. The molecule has 0 aliphatic heterocycles. The number of hydrogen-bond donors (Lipinski definition) is 0. The van der Waals surface area contributed by atoms with E-state index in [2.05, 4.69) is 27.6 Å². The first kappa shape index (κ1) is 15.9. The zero-order valence-electron chi connectivity index (χ0n) is 10.3. The van der Waals surface area contributed by atoms with Crippen LogP contribution < -0.4 is 0 Å². The van der Waals surface area contributed by atoms with Crippen molar-refractivity contribution in [3.8, 4) is 0 Å². The van der Waals surface area contributed by atoms with Crippen molar-refractivity contribution in [2.75, 3.05) is 20.3 Å². The molecule has 0 aliphatic rings. The first-order valence-electron chi connectivity index (χ1n) is 6.02. The Labute approximate surface area is 107 Å². The molecule has 0 radical (unpaired) electrons. The van der Waals surface area contributed by atoms with Crippen LogP contribution >= 0.6 is 15.9 Å². The minimum absolute atomic E-state index is 0.275. The summed E-state index contributed by atoms with van der Waals surface area (Å²) >= 11 is 3.21. The quantitative estimate of drug-likeness (QED) is 0.352. The number of hydrogen-bond acceptors (Lipinski definition) is 3. The van der Waals surface area contributed by atoms with Gasteiger partial charge in [-0.2, -0.15) is 0 Å². The van der Waals surface area contributed by atoms with Crippen LogP contribution in [0.5, 0.6) is 0 Å². The molecule has 0 aromatic rings. The van der Waals surface area contributed by atoms with Crippen molar-refractivity contribution in [2.45, 2.75) is 50.3 Å². The average Bonchev–Trinajstić information content (AvgIpc) is 2.31. The van der Waals surface area contributed by atoms with Crippen molar-refractivity contribution in [3.63, 3.8) is 0 Å². The minimum atomic E-state index is -0.336. The van der Waals surface area contributed by atoms with Crippen LogP contribution in [0.25, 0.3) is 0 Å². The maximum absolute atomic E-state index is 11.0. The van der Waals surface area contributed by atoms with Crippen LogP contribution in [0.4, 0.5) is 0 Å². The lowest BCUT2D eigenvalue weighted by Gasteiger charge is -2.08. The zero-order chi connectivity index (χ0) is 12.2. The smallest absolute Gasteiger partial charge is 0.321 e. The van der Waals surface area contributed by atoms with E-state index < -0.39 is 0 Å². The van der Waals surface area contributed by atoms with E-state index in [-0.39, 0.29) is 10.8 Å². The molecule has 96 valence electrons. The Morgan fingerprint density at radius 3 is 2.44 bits per heavy atom. The van der Waals surface area contributed by atoms with Crippen LogP contribution in [0.3, 0.4) is 0 Å². The third-order valence-corrected chi connectivity index (χ3v) is 3.00.